The number of aromatic nitrogens is 1. The standard InChI is InChI=1S/C30H23FN2O6S/c1-3-38-29(37)27-17(2)32-30(40-27)33-24(19-8-7-11-22(16-19)39-21-9-5-4-6-10-21)23(26(35)28(33)36)25(34)18-12-14-20(31)15-13-18/h4-16,24,34H,3H2,1-2H3/t24-/m0/s1. The summed E-state index contributed by atoms with van der Waals surface area (Å²) in [6.45, 7) is 3.43. The van der Waals surface area contributed by atoms with Gasteiger partial charge in [0.15, 0.2) is 5.13 Å². The number of carbonyl (C=O) groups is 3. The van der Waals surface area contributed by atoms with Gasteiger partial charge in [0.25, 0.3) is 5.78 Å². The quantitative estimate of drug-likeness (QED) is 0.125. The highest BCUT2D eigenvalue weighted by molar-refractivity contribution is 7.17. The Labute approximate surface area is 232 Å². The van der Waals surface area contributed by atoms with Gasteiger partial charge < -0.3 is 14.6 Å². The summed E-state index contributed by atoms with van der Waals surface area (Å²) in [4.78, 5) is 45.1. The minimum Gasteiger partial charge on any atom is -0.507 e. The maximum absolute atomic E-state index is 13.6. The predicted octanol–water partition coefficient (Wildman–Crippen LogP) is 6.19. The highest BCUT2D eigenvalue weighted by Crippen LogP contribution is 2.44. The SMILES string of the molecule is CCOC(=O)c1sc(N2C(=O)C(=O)C(=C(O)c3ccc(F)cc3)[C@@H]2c2cccc(Oc3ccccc3)c2)nc1C. The molecule has 1 aliphatic heterocycles. The van der Waals surface area contributed by atoms with Crippen LogP contribution in [0.15, 0.2) is 84.4 Å². The van der Waals surface area contributed by atoms with Crippen LogP contribution in [0.2, 0.25) is 0 Å². The fourth-order valence-corrected chi connectivity index (χ4v) is 5.34. The molecular weight excluding hydrogens is 535 g/mol. The summed E-state index contributed by atoms with van der Waals surface area (Å²) in [6, 6.07) is 19.6. The van der Waals surface area contributed by atoms with E-state index in [9.17, 15) is 23.9 Å². The summed E-state index contributed by atoms with van der Waals surface area (Å²) < 4.78 is 24.7. The van der Waals surface area contributed by atoms with Crippen LogP contribution in [-0.2, 0) is 14.3 Å². The summed E-state index contributed by atoms with van der Waals surface area (Å²) >= 11 is 0.910. The number of esters is 1. The van der Waals surface area contributed by atoms with Gasteiger partial charge in [-0.1, -0.05) is 41.7 Å². The van der Waals surface area contributed by atoms with Gasteiger partial charge in [0.2, 0.25) is 0 Å². The molecule has 1 atom stereocenters. The maximum atomic E-state index is 13.6. The van der Waals surface area contributed by atoms with Gasteiger partial charge in [-0.25, -0.2) is 14.2 Å². The van der Waals surface area contributed by atoms with E-state index in [1.54, 1.807) is 50.2 Å². The molecule has 0 radical (unpaired) electrons. The molecule has 1 fully saturated rings. The van der Waals surface area contributed by atoms with Crippen LogP contribution in [0, 0.1) is 12.7 Å². The highest BCUT2D eigenvalue weighted by Gasteiger charge is 2.48. The number of nitrogens with zero attached hydrogens (tertiary/aromatic N) is 2. The summed E-state index contributed by atoms with van der Waals surface area (Å²) in [5.41, 5.74) is 0.725. The van der Waals surface area contributed by atoms with E-state index >= 15 is 0 Å². The van der Waals surface area contributed by atoms with E-state index in [0.29, 0.717) is 22.8 Å². The topological polar surface area (TPSA) is 106 Å². The Bertz CT molecular complexity index is 1630. The van der Waals surface area contributed by atoms with Gasteiger partial charge in [0.05, 0.1) is 23.9 Å². The number of hydrogen-bond donors (Lipinski definition) is 1. The zero-order chi connectivity index (χ0) is 28.4. The third-order valence-corrected chi connectivity index (χ3v) is 7.30. The lowest BCUT2D eigenvalue weighted by Crippen LogP contribution is -2.29. The molecule has 5 rings (SSSR count). The number of ether oxygens (including phenoxy) is 2. The van der Waals surface area contributed by atoms with Crippen LogP contribution in [0.5, 0.6) is 11.5 Å². The molecule has 40 heavy (non-hydrogen) atoms. The van der Waals surface area contributed by atoms with E-state index in [-0.39, 0.29) is 27.8 Å². The van der Waals surface area contributed by atoms with Gasteiger partial charge in [0, 0.05) is 5.56 Å². The Morgan fingerprint density at radius 2 is 1.73 bits per heavy atom. The predicted molar refractivity (Wildman–Crippen MR) is 147 cm³/mol. The molecule has 4 aromatic rings. The first-order chi connectivity index (χ1) is 19.3. The van der Waals surface area contributed by atoms with Crippen molar-refractivity contribution >= 4 is 39.9 Å². The minimum atomic E-state index is -1.12. The van der Waals surface area contributed by atoms with E-state index in [1.165, 1.54) is 12.1 Å². The summed E-state index contributed by atoms with van der Waals surface area (Å²) in [5, 5.41) is 11.3. The Balaban J connectivity index is 1.66. The summed E-state index contributed by atoms with van der Waals surface area (Å²) in [5.74, 6) is -2.48. The number of hydrogen-bond acceptors (Lipinski definition) is 8. The molecule has 1 amide bonds. The first-order valence-corrected chi connectivity index (χ1v) is 13.1. The number of aliphatic hydroxyl groups excluding tert-OH is 1. The Morgan fingerprint density at radius 1 is 1.02 bits per heavy atom. The van der Waals surface area contributed by atoms with Crippen molar-refractivity contribution < 1.29 is 33.4 Å². The Kier molecular flexibility index (Phi) is 7.43. The molecule has 0 saturated carbocycles. The molecule has 202 valence electrons. The van der Waals surface area contributed by atoms with Crippen LogP contribution < -0.4 is 9.64 Å². The van der Waals surface area contributed by atoms with Crippen LogP contribution in [-0.4, -0.2) is 34.4 Å². The van der Waals surface area contributed by atoms with Crippen molar-refractivity contribution in [3.8, 4) is 11.5 Å². The van der Waals surface area contributed by atoms with Crippen molar-refractivity contribution in [1.82, 2.24) is 4.98 Å². The second-order valence-corrected chi connectivity index (χ2v) is 9.77. The van der Waals surface area contributed by atoms with Crippen molar-refractivity contribution in [1.29, 1.82) is 0 Å². The first-order valence-electron chi connectivity index (χ1n) is 12.3. The molecule has 1 aliphatic rings. The molecule has 2 heterocycles. The number of para-hydroxylation sites is 1. The van der Waals surface area contributed by atoms with Crippen LogP contribution in [0.4, 0.5) is 9.52 Å². The van der Waals surface area contributed by atoms with Gasteiger partial charge in [-0.3, -0.25) is 14.5 Å². The highest BCUT2D eigenvalue weighted by atomic mass is 32.1. The fraction of sp³-hybridized carbons (Fsp3) is 0.133. The molecule has 0 unspecified atom stereocenters. The Morgan fingerprint density at radius 3 is 2.42 bits per heavy atom. The molecule has 0 bridgehead atoms. The minimum absolute atomic E-state index is 0.0835. The number of rotatable bonds is 7. The van der Waals surface area contributed by atoms with Crippen molar-refractivity contribution in [3.63, 3.8) is 0 Å². The number of carbonyl (C=O) groups excluding carboxylic acids is 3. The third-order valence-electron chi connectivity index (χ3n) is 6.17. The van der Waals surface area contributed by atoms with E-state index in [0.717, 1.165) is 28.4 Å². The number of aliphatic hydroxyl groups is 1. The second kappa shape index (κ2) is 11.1. The van der Waals surface area contributed by atoms with Gasteiger partial charge in [0.1, 0.15) is 28.0 Å². The molecule has 1 aromatic heterocycles. The molecule has 8 nitrogen and oxygen atoms in total. The molecule has 3 aromatic carbocycles. The normalized spacial score (nSPS) is 16.3. The smallest absolute Gasteiger partial charge is 0.350 e. The van der Waals surface area contributed by atoms with Gasteiger partial charge in [-0.15, -0.1) is 0 Å². The number of thiazole rings is 1. The lowest BCUT2D eigenvalue weighted by atomic mass is 9.95. The maximum Gasteiger partial charge on any atom is 0.350 e. The van der Waals surface area contributed by atoms with Crippen LogP contribution in [0.1, 0.15) is 39.5 Å². The number of halogens is 1. The number of ketones is 1. The first kappa shape index (κ1) is 26.8. The van der Waals surface area contributed by atoms with Crippen molar-refractivity contribution in [2.45, 2.75) is 19.9 Å². The number of anilines is 1. The number of Topliss-reactive ketones (excluding diaryl/α,β-unsaturated/α-hetero) is 1. The second-order valence-electron chi connectivity index (χ2n) is 8.80. The van der Waals surface area contributed by atoms with E-state index in [1.807, 2.05) is 18.2 Å². The van der Waals surface area contributed by atoms with E-state index in [4.69, 9.17) is 9.47 Å². The van der Waals surface area contributed by atoms with Crippen LogP contribution in [0.25, 0.3) is 5.76 Å². The number of benzene rings is 3. The molecule has 0 aliphatic carbocycles. The fourth-order valence-electron chi connectivity index (χ4n) is 4.35. The molecular formula is C30H23FN2O6S. The summed E-state index contributed by atoms with van der Waals surface area (Å²) in [6.07, 6.45) is 0. The van der Waals surface area contributed by atoms with Gasteiger partial charge >= 0.3 is 11.9 Å². The largest absolute Gasteiger partial charge is 0.507 e. The summed E-state index contributed by atoms with van der Waals surface area (Å²) in [7, 11) is 0. The zero-order valence-electron chi connectivity index (χ0n) is 21.5. The van der Waals surface area contributed by atoms with Gasteiger partial charge in [-0.05, 0) is 67.9 Å². The van der Waals surface area contributed by atoms with Crippen molar-refractivity contribution in [3.05, 3.63) is 112 Å². The third kappa shape index (κ3) is 5.08. The average Bonchev–Trinajstić information content (AvgIpc) is 3.46. The lowest BCUT2D eigenvalue weighted by Gasteiger charge is -2.23. The van der Waals surface area contributed by atoms with Crippen molar-refractivity contribution in [2.24, 2.45) is 0 Å². The average molecular weight is 559 g/mol. The van der Waals surface area contributed by atoms with Crippen LogP contribution >= 0.6 is 11.3 Å². The Hall–Kier alpha value is -4.83. The van der Waals surface area contributed by atoms with Crippen molar-refractivity contribution in [2.75, 3.05) is 11.5 Å². The van der Waals surface area contributed by atoms with Gasteiger partial charge in [-0.2, -0.15) is 0 Å². The molecule has 1 saturated heterocycles. The van der Waals surface area contributed by atoms with Crippen LogP contribution in [0.3, 0.4) is 0 Å². The molecule has 1 N–H and O–H groups in total. The molecule has 0 spiro atoms. The van der Waals surface area contributed by atoms with E-state index < -0.39 is 35.3 Å². The number of amides is 1. The lowest BCUT2D eigenvalue weighted by molar-refractivity contribution is -0.132. The zero-order valence-corrected chi connectivity index (χ0v) is 22.3. The number of aryl methyl sites for hydroxylation is 1. The van der Waals surface area contributed by atoms with E-state index in [2.05, 4.69) is 4.98 Å². The molecule has 10 heteroatoms. The monoisotopic (exact) mass is 558 g/mol.